The van der Waals surface area contributed by atoms with Crippen molar-refractivity contribution in [2.45, 2.75) is 50.9 Å². The fraction of sp³-hybridized carbons (Fsp3) is 0.234. The number of para-hydroxylation sites is 1. The van der Waals surface area contributed by atoms with Crippen LogP contribution in [0.2, 0.25) is 0 Å². The van der Waals surface area contributed by atoms with Crippen molar-refractivity contribution in [1.82, 2.24) is 4.57 Å². The van der Waals surface area contributed by atoms with Gasteiger partial charge in [0.25, 0.3) is 0 Å². The van der Waals surface area contributed by atoms with Crippen LogP contribution < -0.4 is 0 Å². The number of rotatable bonds is 4. The van der Waals surface area contributed by atoms with E-state index in [1.165, 1.54) is 114 Å². The Morgan fingerprint density at radius 3 is 2.00 bits per heavy atom. The maximum absolute atomic E-state index is 2.62. The van der Waals surface area contributed by atoms with E-state index in [0.29, 0.717) is 5.41 Å². The van der Waals surface area contributed by atoms with E-state index >= 15 is 0 Å². The first kappa shape index (κ1) is 28.2. The van der Waals surface area contributed by atoms with Gasteiger partial charge in [-0.05, 0) is 127 Å². The van der Waals surface area contributed by atoms with Crippen LogP contribution in [0, 0.1) is 24.7 Å². The summed E-state index contributed by atoms with van der Waals surface area (Å²) < 4.78 is 5.31. The van der Waals surface area contributed by atoms with Gasteiger partial charge in [0.05, 0.1) is 16.7 Å². The molecule has 49 heavy (non-hydrogen) atoms. The zero-order valence-electron chi connectivity index (χ0n) is 28.0. The topological polar surface area (TPSA) is 4.93 Å². The van der Waals surface area contributed by atoms with Gasteiger partial charge in [0.15, 0.2) is 0 Å². The maximum Gasteiger partial charge on any atom is 0.0544 e. The molecule has 0 amide bonds. The van der Waals surface area contributed by atoms with Crippen LogP contribution in [0.25, 0.3) is 69.9 Å². The van der Waals surface area contributed by atoms with Crippen molar-refractivity contribution in [1.29, 1.82) is 0 Å². The number of thiophene rings is 1. The molecule has 0 saturated heterocycles. The lowest BCUT2D eigenvalue weighted by Gasteiger charge is -2.57. The third-order valence-corrected chi connectivity index (χ3v) is 13.8. The Morgan fingerprint density at radius 1 is 0.551 bits per heavy atom. The molecule has 4 aliphatic carbocycles. The molecule has 0 unspecified atom stereocenters. The SMILES string of the molecule is Cc1ccc2c3ccc(C45CC6CC(CC(C6)C4)C5)cc3n(-c3ccccc3-c3cccc(-c4cccc5c4sc4ccccc45)c3)c2c1. The van der Waals surface area contributed by atoms with Gasteiger partial charge >= 0.3 is 0 Å². The van der Waals surface area contributed by atoms with E-state index in [1.54, 1.807) is 5.56 Å². The van der Waals surface area contributed by atoms with E-state index in [2.05, 4.69) is 139 Å². The van der Waals surface area contributed by atoms with Crippen molar-refractivity contribution in [2.75, 3.05) is 0 Å². The van der Waals surface area contributed by atoms with Crippen molar-refractivity contribution in [3.8, 4) is 27.9 Å². The first-order valence-corrected chi connectivity index (χ1v) is 19.1. The molecule has 1 nitrogen and oxygen atoms in total. The number of aromatic nitrogens is 1. The molecule has 4 fully saturated rings. The molecular formula is C47H39NS. The van der Waals surface area contributed by atoms with Crippen LogP contribution in [-0.4, -0.2) is 4.57 Å². The van der Waals surface area contributed by atoms with E-state index in [4.69, 9.17) is 0 Å². The Labute approximate surface area is 291 Å². The molecule has 0 aliphatic heterocycles. The van der Waals surface area contributed by atoms with Crippen molar-refractivity contribution in [2.24, 2.45) is 17.8 Å². The van der Waals surface area contributed by atoms with Crippen LogP contribution in [0.1, 0.15) is 49.7 Å². The molecule has 2 heterocycles. The second-order valence-electron chi connectivity index (χ2n) is 15.7. The van der Waals surface area contributed by atoms with Gasteiger partial charge in [0.2, 0.25) is 0 Å². The third-order valence-electron chi connectivity index (χ3n) is 12.6. The summed E-state index contributed by atoms with van der Waals surface area (Å²) in [4.78, 5) is 0. The van der Waals surface area contributed by atoms with Crippen molar-refractivity contribution < 1.29 is 0 Å². The molecule has 0 N–H and O–H groups in total. The number of aryl methyl sites for hydroxylation is 1. The Bertz CT molecular complexity index is 2580. The Balaban J connectivity index is 1.11. The molecule has 8 aromatic rings. The van der Waals surface area contributed by atoms with E-state index in [1.807, 2.05) is 11.3 Å². The number of hydrogen-bond acceptors (Lipinski definition) is 1. The summed E-state index contributed by atoms with van der Waals surface area (Å²) in [6.07, 6.45) is 8.60. The summed E-state index contributed by atoms with van der Waals surface area (Å²) in [5.41, 5.74) is 12.3. The molecule has 238 valence electrons. The molecule has 2 heteroatoms. The fourth-order valence-electron chi connectivity index (χ4n) is 10.9. The first-order chi connectivity index (χ1) is 24.1. The highest BCUT2D eigenvalue weighted by Crippen LogP contribution is 2.61. The van der Waals surface area contributed by atoms with Crippen LogP contribution in [0.3, 0.4) is 0 Å². The second kappa shape index (κ2) is 10.4. The molecule has 0 radical (unpaired) electrons. The lowest BCUT2D eigenvalue weighted by molar-refractivity contribution is -0.00513. The standard InChI is InChI=1S/C47H39NS/c1-29-16-18-38-39-19-17-35(47-26-30-21-31(27-47)23-32(22-30)28-47)25-44(39)48(43(38)20-29)42-14-4-2-10-36(42)33-8-6-9-34(24-33)37-12-7-13-41-40-11-3-5-15-45(40)49-46(37)41/h2-20,24-25,30-32H,21-23,26-28H2,1H3. The first-order valence-electron chi connectivity index (χ1n) is 18.3. The minimum atomic E-state index is 0.363. The van der Waals surface area contributed by atoms with Crippen molar-refractivity contribution in [3.05, 3.63) is 139 Å². The fourth-order valence-corrected chi connectivity index (χ4v) is 12.2. The molecule has 4 aliphatic rings. The van der Waals surface area contributed by atoms with Crippen molar-refractivity contribution in [3.63, 3.8) is 0 Å². The van der Waals surface area contributed by atoms with Crippen molar-refractivity contribution >= 4 is 53.3 Å². The molecule has 0 spiro atoms. The molecular weight excluding hydrogens is 611 g/mol. The van der Waals surface area contributed by atoms with Gasteiger partial charge in [0, 0.05) is 36.5 Å². The van der Waals surface area contributed by atoms with E-state index < -0.39 is 0 Å². The number of benzene rings is 6. The number of nitrogens with zero attached hydrogens (tertiary/aromatic N) is 1. The molecule has 4 bridgehead atoms. The van der Waals surface area contributed by atoms with Crippen LogP contribution in [0.4, 0.5) is 0 Å². The van der Waals surface area contributed by atoms with Crippen LogP contribution in [0.5, 0.6) is 0 Å². The summed E-state index contributed by atoms with van der Waals surface area (Å²) in [6.45, 7) is 2.23. The zero-order valence-corrected chi connectivity index (χ0v) is 28.8. The molecule has 2 aromatic heterocycles. The molecule has 6 aromatic carbocycles. The van der Waals surface area contributed by atoms with Gasteiger partial charge in [-0.15, -0.1) is 11.3 Å². The largest absolute Gasteiger partial charge is 0.309 e. The normalized spacial score (nSPS) is 23.0. The molecule has 12 rings (SSSR count). The Morgan fingerprint density at radius 2 is 1.18 bits per heavy atom. The highest BCUT2D eigenvalue weighted by Gasteiger charge is 2.51. The minimum absolute atomic E-state index is 0.363. The average molecular weight is 650 g/mol. The summed E-state index contributed by atoms with van der Waals surface area (Å²) in [7, 11) is 0. The second-order valence-corrected chi connectivity index (χ2v) is 16.7. The van der Waals surface area contributed by atoms with E-state index in [9.17, 15) is 0 Å². The predicted octanol–water partition coefficient (Wildman–Crippen LogP) is 13.3. The van der Waals surface area contributed by atoms with Gasteiger partial charge in [0.1, 0.15) is 0 Å². The highest BCUT2D eigenvalue weighted by atomic mass is 32.1. The lowest BCUT2D eigenvalue weighted by atomic mass is 9.48. The smallest absolute Gasteiger partial charge is 0.0544 e. The monoisotopic (exact) mass is 649 g/mol. The van der Waals surface area contributed by atoms with Crippen LogP contribution in [0.15, 0.2) is 127 Å². The highest BCUT2D eigenvalue weighted by molar-refractivity contribution is 7.26. The zero-order chi connectivity index (χ0) is 32.3. The van der Waals surface area contributed by atoms with Crippen LogP contribution >= 0.6 is 11.3 Å². The lowest BCUT2D eigenvalue weighted by Crippen LogP contribution is -2.48. The van der Waals surface area contributed by atoms with Gasteiger partial charge in [-0.25, -0.2) is 0 Å². The third kappa shape index (κ3) is 4.23. The molecule has 0 atom stereocenters. The Kier molecular flexibility index (Phi) is 6.00. The summed E-state index contributed by atoms with van der Waals surface area (Å²) in [6, 6.07) is 48.6. The van der Waals surface area contributed by atoms with Gasteiger partial charge in [-0.2, -0.15) is 0 Å². The summed E-state index contributed by atoms with van der Waals surface area (Å²) in [5.74, 6) is 2.80. The quantitative estimate of drug-likeness (QED) is 0.179. The van der Waals surface area contributed by atoms with Gasteiger partial charge in [-0.1, -0.05) is 97.1 Å². The summed E-state index contributed by atoms with van der Waals surface area (Å²) >= 11 is 1.91. The summed E-state index contributed by atoms with van der Waals surface area (Å²) in [5, 5.41) is 5.40. The van der Waals surface area contributed by atoms with Crippen LogP contribution in [-0.2, 0) is 5.41 Å². The average Bonchev–Trinajstić information content (AvgIpc) is 3.66. The minimum Gasteiger partial charge on any atom is -0.309 e. The maximum atomic E-state index is 2.62. The number of fused-ring (bicyclic) bond motifs is 6. The predicted molar refractivity (Wildman–Crippen MR) is 209 cm³/mol. The Hall–Kier alpha value is -4.66. The van der Waals surface area contributed by atoms with Gasteiger partial charge in [-0.3, -0.25) is 0 Å². The number of hydrogen-bond donors (Lipinski definition) is 0. The van der Waals surface area contributed by atoms with E-state index in [-0.39, 0.29) is 0 Å². The van der Waals surface area contributed by atoms with Gasteiger partial charge < -0.3 is 4.57 Å². The van der Waals surface area contributed by atoms with E-state index in [0.717, 1.165) is 17.8 Å². The molecule has 4 saturated carbocycles.